The first-order valence-corrected chi connectivity index (χ1v) is 13.8. The molecule has 0 radical (unpaired) electrons. The molecule has 214 valence electrons. The van der Waals surface area contributed by atoms with Crippen molar-refractivity contribution in [3.63, 3.8) is 0 Å². The number of anilines is 1. The molecule has 0 aliphatic rings. The maximum absolute atomic E-state index is 14.0. The number of esters is 2. The third-order valence-corrected chi connectivity index (χ3v) is 8.08. The third-order valence-electron chi connectivity index (χ3n) is 6.33. The average Bonchev–Trinajstić information content (AvgIpc) is 3.00. The van der Waals surface area contributed by atoms with Crippen LogP contribution in [0, 0.1) is 0 Å². The van der Waals surface area contributed by atoms with Gasteiger partial charge in [-0.25, -0.2) is 8.42 Å². The molecule has 0 aliphatic heterocycles. The van der Waals surface area contributed by atoms with Crippen LogP contribution in [0.25, 0.3) is 10.8 Å². The van der Waals surface area contributed by atoms with E-state index in [4.69, 9.17) is 23.7 Å². The first-order valence-electron chi connectivity index (χ1n) is 12.4. The Morgan fingerprint density at radius 3 is 2.00 bits per heavy atom. The van der Waals surface area contributed by atoms with Crippen molar-refractivity contribution in [1.29, 1.82) is 0 Å². The van der Waals surface area contributed by atoms with Gasteiger partial charge in [-0.2, -0.15) is 0 Å². The Bertz CT molecular complexity index is 1680. The summed E-state index contributed by atoms with van der Waals surface area (Å²) in [7, 11) is 1.04. The van der Waals surface area contributed by atoms with E-state index in [0.29, 0.717) is 33.6 Å². The number of carbonyl (C=O) groups excluding carboxylic acids is 2. The van der Waals surface area contributed by atoms with Gasteiger partial charge in [-0.3, -0.25) is 13.9 Å². The molecule has 0 atom stereocenters. The molecule has 0 amide bonds. The largest absolute Gasteiger partial charge is 0.493 e. The number of rotatable bonds is 11. The molecule has 0 heterocycles. The van der Waals surface area contributed by atoms with Gasteiger partial charge in [0.1, 0.15) is 18.0 Å². The maximum Gasteiger partial charge on any atom is 0.326 e. The van der Waals surface area contributed by atoms with Crippen LogP contribution >= 0.6 is 0 Å². The van der Waals surface area contributed by atoms with Crippen LogP contribution in [0.4, 0.5) is 5.69 Å². The van der Waals surface area contributed by atoms with Crippen molar-refractivity contribution < 1.29 is 41.7 Å². The standard InChI is InChI=1S/C30H29NO9S/c1-36-27-15-13-21(18-28(27)37-2)41(34,35)31(19-30(33)39-4)24-14-16-26(23-11-7-6-10-22(23)24)40-25-12-8-5-9-20(25)17-29(32)38-3/h5-16,18H,17,19H2,1-4H3. The van der Waals surface area contributed by atoms with Gasteiger partial charge in [0, 0.05) is 22.4 Å². The van der Waals surface area contributed by atoms with Gasteiger partial charge in [-0.1, -0.05) is 42.5 Å². The normalized spacial score (nSPS) is 11.0. The summed E-state index contributed by atoms with van der Waals surface area (Å²) in [4.78, 5) is 24.3. The number of hydrogen-bond acceptors (Lipinski definition) is 9. The van der Waals surface area contributed by atoms with Crippen molar-refractivity contribution in [2.24, 2.45) is 0 Å². The van der Waals surface area contributed by atoms with E-state index in [-0.39, 0.29) is 22.8 Å². The summed E-state index contributed by atoms with van der Waals surface area (Å²) in [6, 6.07) is 21.4. The van der Waals surface area contributed by atoms with Crippen LogP contribution in [-0.4, -0.2) is 55.3 Å². The molecule has 0 unspecified atom stereocenters. The van der Waals surface area contributed by atoms with E-state index in [2.05, 4.69) is 0 Å². The molecular weight excluding hydrogens is 550 g/mol. The Kier molecular flexibility index (Phi) is 8.98. The summed E-state index contributed by atoms with van der Waals surface area (Å²) in [5.41, 5.74) is 0.854. The summed E-state index contributed by atoms with van der Waals surface area (Å²) < 4.78 is 55.4. The van der Waals surface area contributed by atoms with Gasteiger partial charge in [0.15, 0.2) is 11.5 Å². The zero-order valence-corrected chi connectivity index (χ0v) is 23.8. The molecule has 0 saturated heterocycles. The van der Waals surface area contributed by atoms with Gasteiger partial charge in [-0.05, 0) is 30.3 Å². The highest BCUT2D eigenvalue weighted by Crippen LogP contribution is 2.39. The van der Waals surface area contributed by atoms with E-state index < -0.39 is 28.5 Å². The minimum atomic E-state index is -4.30. The number of sulfonamides is 1. The number of nitrogens with zero attached hydrogens (tertiary/aromatic N) is 1. The summed E-state index contributed by atoms with van der Waals surface area (Å²) >= 11 is 0. The fourth-order valence-corrected chi connectivity index (χ4v) is 5.69. The minimum absolute atomic E-state index is 0.0131. The molecular formula is C30H29NO9S. The monoisotopic (exact) mass is 579 g/mol. The number of para-hydroxylation sites is 1. The van der Waals surface area contributed by atoms with E-state index in [1.807, 2.05) is 0 Å². The number of methoxy groups -OCH3 is 4. The molecule has 0 N–H and O–H groups in total. The van der Waals surface area contributed by atoms with Gasteiger partial charge in [-0.15, -0.1) is 0 Å². The van der Waals surface area contributed by atoms with E-state index in [1.165, 1.54) is 46.6 Å². The average molecular weight is 580 g/mol. The molecule has 4 aromatic carbocycles. The van der Waals surface area contributed by atoms with Gasteiger partial charge in [0.25, 0.3) is 10.0 Å². The zero-order valence-electron chi connectivity index (χ0n) is 22.9. The Balaban J connectivity index is 1.84. The maximum atomic E-state index is 14.0. The van der Waals surface area contributed by atoms with Crippen molar-refractivity contribution in [2.75, 3.05) is 39.3 Å². The summed E-state index contributed by atoms with van der Waals surface area (Å²) in [6.07, 6.45) is 0.0131. The van der Waals surface area contributed by atoms with Crippen molar-refractivity contribution in [3.05, 3.63) is 84.4 Å². The molecule has 10 nitrogen and oxygen atoms in total. The highest BCUT2D eigenvalue weighted by molar-refractivity contribution is 7.92. The lowest BCUT2D eigenvalue weighted by molar-refractivity contribution is -0.140. The first kappa shape index (κ1) is 29.2. The quantitative estimate of drug-likeness (QED) is 0.232. The predicted octanol–water partition coefficient (Wildman–Crippen LogP) is 4.73. The molecule has 41 heavy (non-hydrogen) atoms. The highest BCUT2D eigenvalue weighted by atomic mass is 32.2. The van der Waals surface area contributed by atoms with Gasteiger partial charge < -0.3 is 23.7 Å². The van der Waals surface area contributed by atoms with Gasteiger partial charge in [0.2, 0.25) is 0 Å². The van der Waals surface area contributed by atoms with E-state index in [1.54, 1.807) is 60.7 Å². The fraction of sp³-hybridized carbons (Fsp3) is 0.200. The molecule has 0 aromatic heterocycles. The molecule has 0 fully saturated rings. The molecule has 4 aromatic rings. The second kappa shape index (κ2) is 12.6. The Labute approximate surface area is 238 Å². The minimum Gasteiger partial charge on any atom is -0.493 e. The number of hydrogen-bond donors (Lipinski definition) is 0. The van der Waals surface area contributed by atoms with Gasteiger partial charge >= 0.3 is 11.9 Å². The van der Waals surface area contributed by atoms with Crippen LogP contribution in [0.1, 0.15) is 5.56 Å². The summed E-state index contributed by atoms with van der Waals surface area (Å²) in [6.45, 7) is -0.584. The Morgan fingerprint density at radius 2 is 1.32 bits per heavy atom. The number of ether oxygens (including phenoxy) is 5. The van der Waals surface area contributed by atoms with E-state index in [9.17, 15) is 18.0 Å². The van der Waals surface area contributed by atoms with Crippen molar-refractivity contribution in [2.45, 2.75) is 11.3 Å². The SMILES string of the molecule is COC(=O)Cc1ccccc1Oc1ccc(N(CC(=O)OC)S(=O)(=O)c2ccc(OC)c(OC)c2)c2ccccc12. The van der Waals surface area contributed by atoms with Crippen LogP contribution in [0.2, 0.25) is 0 Å². The topological polar surface area (TPSA) is 118 Å². The number of benzene rings is 4. The van der Waals surface area contributed by atoms with Crippen LogP contribution in [0.15, 0.2) is 83.8 Å². The predicted molar refractivity (Wildman–Crippen MR) is 152 cm³/mol. The fourth-order valence-electron chi connectivity index (χ4n) is 4.24. The van der Waals surface area contributed by atoms with E-state index >= 15 is 0 Å². The lowest BCUT2D eigenvalue weighted by Gasteiger charge is -2.26. The Morgan fingerprint density at radius 1 is 0.683 bits per heavy atom. The molecule has 11 heteroatoms. The zero-order chi connectivity index (χ0) is 29.6. The third kappa shape index (κ3) is 6.20. The van der Waals surface area contributed by atoms with Crippen molar-refractivity contribution in [3.8, 4) is 23.0 Å². The Hall–Kier alpha value is -4.77. The molecule has 4 rings (SSSR count). The first-order chi connectivity index (χ1) is 19.7. The number of carbonyl (C=O) groups is 2. The van der Waals surface area contributed by atoms with Crippen LogP contribution in [0.5, 0.6) is 23.0 Å². The number of fused-ring (bicyclic) bond motifs is 1. The smallest absolute Gasteiger partial charge is 0.326 e. The van der Waals surface area contributed by atoms with Crippen LogP contribution in [-0.2, 0) is 35.5 Å². The van der Waals surface area contributed by atoms with Crippen LogP contribution in [0.3, 0.4) is 0 Å². The summed E-state index contributed by atoms with van der Waals surface area (Å²) in [5, 5.41) is 1.08. The highest BCUT2D eigenvalue weighted by Gasteiger charge is 2.30. The second-order valence-corrected chi connectivity index (χ2v) is 10.6. The molecule has 0 saturated carbocycles. The lowest BCUT2D eigenvalue weighted by atomic mass is 10.1. The second-order valence-electron chi connectivity index (χ2n) is 8.70. The van der Waals surface area contributed by atoms with Crippen LogP contribution < -0.4 is 18.5 Å². The molecule has 0 aliphatic carbocycles. The van der Waals surface area contributed by atoms with E-state index in [0.717, 1.165) is 4.31 Å². The lowest BCUT2D eigenvalue weighted by Crippen LogP contribution is -2.36. The molecule has 0 spiro atoms. The molecule has 0 bridgehead atoms. The van der Waals surface area contributed by atoms with Crippen molar-refractivity contribution >= 4 is 38.4 Å². The van der Waals surface area contributed by atoms with Gasteiger partial charge in [0.05, 0.1) is 45.4 Å². The van der Waals surface area contributed by atoms with Crippen molar-refractivity contribution in [1.82, 2.24) is 0 Å². The summed E-state index contributed by atoms with van der Waals surface area (Å²) in [5.74, 6) is 0.259.